The predicted molar refractivity (Wildman–Crippen MR) is 140 cm³/mol. The molecule has 2 saturated carbocycles. The average molecular weight is 643 g/mol. The van der Waals surface area contributed by atoms with Gasteiger partial charge in [0.2, 0.25) is 0 Å². The van der Waals surface area contributed by atoms with Crippen LogP contribution < -0.4 is 0 Å². The lowest BCUT2D eigenvalue weighted by Crippen LogP contribution is -2.63. The van der Waals surface area contributed by atoms with Gasteiger partial charge in [-0.2, -0.15) is 0 Å². The van der Waals surface area contributed by atoms with Gasteiger partial charge in [-0.05, 0) is 31.6 Å². The molecule has 44 heavy (non-hydrogen) atoms. The molecule has 0 amide bonds. The van der Waals surface area contributed by atoms with Crippen LogP contribution in [0.5, 0.6) is 0 Å². The van der Waals surface area contributed by atoms with Crippen LogP contribution in [0.25, 0.3) is 0 Å². The number of hydrogen-bond donors (Lipinski definition) is 12. The van der Waals surface area contributed by atoms with E-state index < -0.39 is 135 Å². The highest BCUT2D eigenvalue weighted by Gasteiger charge is 2.54. The summed E-state index contributed by atoms with van der Waals surface area (Å²) in [6.07, 6.45) is -23.5. The van der Waals surface area contributed by atoms with Gasteiger partial charge in [0.25, 0.3) is 0 Å². The Hall–Kier alpha value is -0.680. The molecule has 0 aromatic carbocycles. The van der Waals surface area contributed by atoms with E-state index in [9.17, 15) is 61.3 Å². The number of aliphatic hydroxyl groups excluding tert-OH is 12. The lowest BCUT2D eigenvalue weighted by atomic mass is 9.72. The molecule has 5 aliphatic rings. The minimum Gasteiger partial charge on any atom is -0.394 e. The van der Waals surface area contributed by atoms with Crippen LogP contribution in [0.1, 0.15) is 32.1 Å². The number of ether oxygens (including phenoxy) is 5. The zero-order valence-electron chi connectivity index (χ0n) is 23.9. The Bertz CT molecular complexity index is 915. The summed E-state index contributed by atoms with van der Waals surface area (Å²) < 4.78 is 29.7. The lowest BCUT2D eigenvalue weighted by Gasteiger charge is -2.52. The maximum Gasteiger partial charge on any atom is 0.187 e. The van der Waals surface area contributed by atoms with Crippen LogP contribution in [0.15, 0.2) is 0 Å². The molecular weight excluding hydrogens is 596 g/mol. The normalized spacial score (nSPS) is 55.4. The first kappa shape index (κ1) is 34.6. The molecule has 0 aromatic rings. The fourth-order valence-corrected chi connectivity index (χ4v) is 7.30. The zero-order valence-corrected chi connectivity index (χ0v) is 23.9. The fourth-order valence-electron chi connectivity index (χ4n) is 7.30. The smallest absolute Gasteiger partial charge is 0.187 e. The second-order valence-corrected chi connectivity index (χ2v) is 12.8. The monoisotopic (exact) mass is 642 g/mol. The Morgan fingerprint density at radius 3 is 1.50 bits per heavy atom. The summed E-state index contributed by atoms with van der Waals surface area (Å²) >= 11 is 0. The van der Waals surface area contributed by atoms with Gasteiger partial charge in [0.05, 0.1) is 55.9 Å². The van der Waals surface area contributed by atoms with E-state index in [2.05, 4.69) is 0 Å². The molecule has 8 unspecified atom stereocenters. The fraction of sp³-hybridized carbons (Fsp3) is 1.00. The van der Waals surface area contributed by atoms with E-state index in [1.807, 2.05) is 0 Å². The van der Waals surface area contributed by atoms with E-state index in [0.29, 0.717) is 0 Å². The molecule has 3 heterocycles. The van der Waals surface area contributed by atoms with Gasteiger partial charge >= 0.3 is 0 Å². The second kappa shape index (κ2) is 14.2. The summed E-state index contributed by atoms with van der Waals surface area (Å²) in [6.45, 7) is -1.36. The van der Waals surface area contributed by atoms with Crippen LogP contribution in [0.2, 0.25) is 0 Å². The van der Waals surface area contributed by atoms with Crippen molar-refractivity contribution in [1.29, 1.82) is 0 Å². The van der Waals surface area contributed by atoms with E-state index in [0.717, 1.165) is 0 Å². The lowest BCUT2D eigenvalue weighted by molar-refractivity contribution is -0.345. The molecule has 0 spiro atoms. The van der Waals surface area contributed by atoms with Crippen LogP contribution in [0, 0.1) is 11.8 Å². The van der Waals surface area contributed by atoms with Crippen molar-refractivity contribution in [2.75, 3.05) is 13.2 Å². The van der Waals surface area contributed by atoms with E-state index in [1.54, 1.807) is 0 Å². The quantitative estimate of drug-likeness (QED) is 0.123. The molecular formula is C27H46O17. The zero-order chi connectivity index (χ0) is 32.0. The maximum absolute atomic E-state index is 10.7. The van der Waals surface area contributed by atoms with Crippen LogP contribution in [-0.2, 0) is 23.7 Å². The number of fused-ring (bicyclic) bond motifs is 1. The second-order valence-electron chi connectivity index (χ2n) is 12.8. The van der Waals surface area contributed by atoms with Crippen LogP contribution >= 0.6 is 0 Å². The summed E-state index contributed by atoms with van der Waals surface area (Å²) in [6, 6.07) is 0. The summed E-state index contributed by atoms with van der Waals surface area (Å²) in [5.74, 6) is -1.15. The standard InChI is InChI=1S/C27H46O17/c28-6-16-19(34)21(36)23(38)26(43-16)41-14-4-9(30)3-13-10(14)5-15(25(40-13)8-1-11(31)18(33)12(32)2-8)42-27-24(39)22(37)20(35)17(7-29)44-27/h8-39H,1-7H2/t8?,9?,10?,11?,12?,13?,14?,15?,16-,17-,18?,19-,20-,21+,22+,23-,24-,25?,26-,27-/m1/s1. The van der Waals surface area contributed by atoms with Crippen molar-refractivity contribution >= 4 is 0 Å². The number of aliphatic hydroxyl groups is 12. The Morgan fingerprint density at radius 1 is 0.500 bits per heavy atom. The van der Waals surface area contributed by atoms with E-state index in [-0.39, 0.29) is 32.1 Å². The molecule has 5 fully saturated rings. The number of rotatable bonds is 7. The van der Waals surface area contributed by atoms with Gasteiger partial charge in [0, 0.05) is 12.3 Å². The molecule has 0 aromatic heterocycles. The minimum atomic E-state index is -1.73. The third-order valence-electron chi connectivity index (χ3n) is 9.82. The Labute approximate surface area is 252 Å². The summed E-state index contributed by atoms with van der Waals surface area (Å²) in [4.78, 5) is 0. The maximum atomic E-state index is 10.7. The van der Waals surface area contributed by atoms with Crippen LogP contribution in [-0.4, -0.2) is 185 Å². The Kier molecular flexibility index (Phi) is 11.2. The molecule has 5 rings (SSSR count). The molecule has 18 atom stereocenters. The van der Waals surface area contributed by atoms with E-state index in [4.69, 9.17) is 23.7 Å². The van der Waals surface area contributed by atoms with Crippen molar-refractivity contribution in [3.8, 4) is 0 Å². The third-order valence-corrected chi connectivity index (χ3v) is 9.82. The third kappa shape index (κ3) is 6.81. The highest BCUT2D eigenvalue weighted by molar-refractivity contribution is 5.01. The number of hydrogen-bond acceptors (Lipinski definition) is 17. The topological polar surface area (TPSA) is 289 Å². The van der Waals surface area contributed by atoms with Crippen molar-refractivity contribution in [3.05, 3.63) is 0 Å². The van der Waals surface area contributed by atoms with Gasteiger partial charge in [-0.1, -0.05) is 0 Å². The first-order chi connectivity index (χ1) is 20.8. The summed E-state index contributed by atoms with van der Waals surface area (Å²) in [5, 5.41) is 123. The summed E-state index contributed by atoms with van der Waals surface area (Å²) in [7, 11) is 0. The first-order valence-electron chi connectivity index (χ1n) is 15.1. The van der Waals surface area contributed by atoms with Crippen LogP contribution in [0.4, 0.5) is 0 Å². The van der Waals surface area contributed by atoms with Crippen molar-refractivity contribution < 1.29 is 85.0 Å². The Balaban J connectivity index is 1.39. The minimum absolute atomic E-state index is 0.0160. The predicted octanol–water partition coefficient (Wildman–Crippen LogP) is -6.22. The van der Waals surface area contributed by atoms with Crippen molar-refractivity contribution in [2.45, 2.75) is 142 Å². The first-order valence-corrected chi connectivity index (χ1v) is 15.1. The molecule has 0 bridgehead atoms. The highest BCUT2D eigenvalue weighted by Crippen LogP contribution is 2.45. The Morgan fingerprint density at radius 2 is 1.00 bits per heavy atom. The van der Waals surface area contributed by atoms with Crippen LogP contribution in [0.3, 0.4) is 0 Å². The highest BCUT2D eigenvalue weighted by atomic mass is 16.7. The van der Waals surface area contributed by atoms with Crippen molar-refractivity contribution in [1.82, 2.24) is 0 Å². The van der Waals surface area contributed by atoms with Gasteiger partial charge in [-0.3, -0.25) is 0 Å². The van der Waals surface area contributed by atoms with Gasteiger partial charge in [-0.15, -0.1) is 0 Å². The van der Waals surface area contributed by atoms with E-state index >= 15 is 0 Å². The van der Waals surface area contributed by atoms with Crippen molar-refractivity contribution in [3.63, 3.8) is 0 Å². The molecule has 256 valence electrons. The summed E-state index contributed by atoms with van der Waals surface area (Å²) in [5.41, 5.74) is 0. The molecule has 17 heteroatoms. The molecule has 12 N–H and O–H groups in total. The van der Waals surface area contributed by atoms with Crippen molar-refractivity contribution in [2.24, 2.45) is 11.8 Å². The van der Waals surface area contributed by atoms with Gasteiger partial charge in [0.15, 0.2) is 12.6 Å². The van der Waals surface area contributed by atoms with Gasteiger partial charge < -0.3 is 85.0 Å². The molecule has 3 saturated heterocycles. The molecule has 17 nitrogen and oxygen atoms in total. The van der Waals surface area contributed by atoms with Gasteiger partial charge in [0.1, 0.15) is 54.9 Å². The SMILES string of the molecule is OC[C@H]1O[C@@H](OC2CC(O)CC3OC(C4CC(O)C(O)C(O)C4)C(O[C@@H]4O[C@H](CO)[C@@H](O)[C@H](O)[C@H]4O)CC32)[C@H](O)[C@@H](O)[C@@H]1O. The molecule has 3 aliphatic heterocycles. The molecule has 2 aliphatic carbocycles. The molecule has 0 radical (unpaired) electrons. The average Bonchev–Trinajstić information content (AvgIpc) is 2.99. The van der Waals surface area contributed by atoms with Gasteiger partial charge in [-0.25, -0.2) is 0 Å². The largest absolute Gasteiger partial charge is 0.394 e. The van der Waals surface area contributed by atoms with E-state index in [1.165, 1.54) is 0 Å².